The zero-order valence-electron chi connectivity index (χ0n) is 24.4. The predicted molar refractivity (Wildman–Crippen MR) is 156 cm³/mol. The zero-order chi connectivity index (χ0) is 31.4. The van der Waals surface area contributed by atoms with Crippen molar-refractivity contribution in [1.82, 2.24) is 35.0 Å². The molecule has 1 aliphatic rings. The Morgan fingerprint density at radius 3 is 2.45 bits per heavy atom. The van der Waals surface area contributed by atoms with E-state index in [1.165, 1.54) is 12.4 Å². The number of benzene rings is 2. The van der Waals surface area contributed by atoms with E-state index in [2.05, 4.69) is 69.2 Å². The summed E-state index contributed by atoms with van der Waals surface area (Å²) in [6.07, 6.45) is -1.87. The minimum absolute atomic E-state index is 0.0760. The second-order valence-corrected chi connectivity index (χ2v) is 12.2. The Hall–Kier alpha value is -5.24. The third kappa shape index (κ3) is 4.92. The van der Waals surface area contributed by atoms with Crippen LogP contribution in [-0.2, 0) is 12.6 Å². The number of anilines is 2. The van der Waals surface area contributed by atoms with Crippen LogP contribution in [0.3, 0.4) is 0 Å². The number of nitrogens with one attached hydrogen (secondary N) is 2. The number of aromatic nitrogens is 7. The Labute approximate surface area is 250 Å². The molecule has 1 aliphatic carbocycles. The molecule has 2 N–H and O–H groups in total. The van der Waals surface area contributed by atoms with Crippen molar-refractivity contribution >= 4 is 33.3 Å². The van der Waals surface area contributed by atoms with Gasteiger partial charge in [0.15, 0.2) is 5.54 Å². The van der Waals surface area contributed by atoms with Gasteiger partial charge in [0, 0.05) is 36.4 Å². The highest BCUT2D eigenvalue weighted by molar-refractivity contribution is 5.99. The quantitative estimate of drug-likeness (QED) is 0.245. The van der Waals surface area contributed by atoms with Gasteiger partial charge >= 0.3 is 6.18 Å². The van der Waals surface area contributed by atoms with Crippen molar-refractivity contribution in [2.75, 3.05) is 17.2 Å². The molecule has 2 aromatic carbocycles. The number of nitriles is 2. The number of alkyl halides is 3. The van der Waals surface area contributed by atoms with Crippen LogP contribution in [0.5, 0.6) is 0 Å². The van der Waals surface area contributed by atoms with E-state index in [9.17, 15) is 23.7 Å². The largest absolute Gasteiger partial charge is 0.413 e. The van der Waals surface area contributed by atoms with E-state index in [-0.39, 0.29) is 29.5 Å². The second-order valence-electron chi connectivity index (χ2n) is 12.2. The van der Waals surface area contributed by atoms with Crippen LogP contribution in [0.15, 0.2) is 42.7 Å². The Morgan fingerprint density at radius 1 is 1.05 bits per heavy atom. The van der Waals surface area contributed by atoms with Crippen LogP contribution >= 0.6 is 0 Å². The molecule has 0 radical (unpaired) electrons. The van der Waals surface area contributed by atoms with E-state index in [0.29, 0.717) is 51.0 Å². The molecule has 14 heteroatoms. The molecule has 11 nitrogen and oxygen atoms in total. The molecule has 1 atom stereocenters. The fourth-order valence-electron chi connectivity index (χ4n) is 5.33. The normalized spacial score (nSPS) is 15.1. The molecular weight excluding hydrogens is 571 g/mol. The fourth-order valence-corrected chi connectivity index (χ4v) is 5.33. The predicted octanol–water partition coefficient (Wildman–Crippen LogP) is 5.56. The number of hydrogen-bond donors (Lipinski definition) is 2. The minimum atomic E-state index is -4.48. The minimum Gasteiger partial charge on any atom is -0.383 e. The molecule has 0 saturated heterocycles. The first-order valence-electron chi connectivity index (χ1n) is 13.9. The van der Waals surface area contributed by atoms with Crippen LogP contribution < -0.4 is 10.6 Å². The number of pyridine rings is 1. The first-order chi connectivity index (χ1) is 20.8. The van der Waals surface area contributed by atoms with E-state index in [4.69, 9.17) is 0 Å². The molecule has 3 heterocycles. The smallest absolute Gasteiger partial charge is 0.383 e. The maximum Gasteiger partial charge on any atom is 0.413 e. The topological polar surface area (TPSA) is 146 Å². The van der Waals surface area contributed by atoms with Crippen molar-refractivity contribution in [3.63, 3.8) is 0 Å². The summed E-state index contributed by atoms with van der Waals surface area (Å²) < 4.78 is 44.4. The van der Waals surface area contributed by atoms with Gasteiger partial charge in [0.25, 0.3) is 0 Å². The maximum absolute atomic E-state index is 14.0. The molecule has 44 heavy (non-hydrogen) atoms. The van der Waals surface area contributed by atoms with Crippen LogP contribution in [0.2, 0.25) is 0 Å². The SMILES string of the molecule is Cn1nnc2cccc(C(Nc3cc(C#N)c4ncc(C#N)c(NCC(C)(C)C)c4c3)c3cn(C4(C(F)(F)F)CC4)nn3)c21. The number of hydrogen-bond acceptors (Lipinski definition) is 9. The summed E-state index contributed by atoms with van der Waals surface area (Å²) in [5.41, 5.74) is 1.92. The molecule has 0 spiro atoms. The molecule has 224 valence electrons. The molecule has 5 aromatic rings. The van der Waals surface area contributed by atoms with Crippen molar-refractivity contribution in [2.45, 2.75) is 51.4 Å². The lowest BCUT2D eigenvalue weighted by Crippen LogP contribution is -2.35. The van der Waals surface area contributed by atoms with Gasteiger partial charge in [-0.25, -0.2) is 9.36 Å². The zero-order valence-corrected chi connectivity index (χ0v) is 24.4. The van der Waals surface area contributed by atoms with Crippen LogP contribution in [0.4, 0.5) is 24.5 Å². The van der Waals surface area contributed by atoms with Crippen LogP contribution in [-0.4, -0.2) is 47.7 Å². The van der Waals surface area contributed by atoms with Gasteiger partial charge in [0.1, 0.15) is 23.3 Å². The van der Waals surface area contributed by atoms with Gasteiger partial charge in [-0.1, -0.05) is 43.3 Å². The maximum atomic E-state index is 14.0. The highest BCUT2D eigenvalue weighted by atomic mass is 19.4. The summed E-state index contributed by atoms with van der Waals surface area (Å²) in [5.74, 6) is 0. The summed E-state index contributed by atoms with van der Waals surface area (Å²) in [7, 11) is 1.72. The van der Waals surface area contributed by atoms with Crippen molar-refractivity contribution in [2.24, 2.45) is 12.5 Å². The monoisotopic (exact) mass is 599 g/mol. The first-order valence-corrected chi connectivity index (χ1v) is 13.9. The summed E-state index contributed by atoms with van der Waals surface area (Å²) >= 11 is 0. The molecule has 3 aromatic heterocycles. The van der Waals surface area contributed by atoms with Gasteiger partial charge in [-0.3, -0.25) is 4.98 Å². The average molecular weight is 600 g/mol. The lowest BCUT2D eigenvalue weighted by Gasteiger charge is -2.23. The number of aryl methyl sites for hydroxylation is 1. The van der Waals surface area contributed by atoms with Crippen LogP contribution in [0.1, 0.15) is 62.0 Å². The third-order valence-corrected chi connectivity index (χ3v) is 7.78. The number of rotatable bonds is 7. The van der Waals surface area contributed by atoms with E-state index < -0.39 is 17.8 Å². The molecule has 0 bridgehead atoms. The second kappa shape index (κ2) is 10.2. The van der Waals surface area contributed by atoms with E-state index in [1.807, 2.05) is 6.07 Å². The summed E-state index contributed by atoms with van der Waals surface area (Å²) in [6.45, 7) is 6.71. The number of nitrogens with zero attached hydrogens (tertiary/aromatic N) is 9. The Balaban J connectivity index is 1.51. The average Bonchev–Trinajstić information content (AvgIpc) is 3.52. The molecule has 1 unspecified atom stereocenters. The van der Waals surface area contributed by atoms with Gasteiger partial charge in [0.2, 0.25) is 0 Å². The van der Waals surface area contributed by atoms with Gasteiger partial charge in [-0.2, -0.15) is 23.7 Å². The van der Waals surface area contributed by atoms with E-state index >= 15 is 0 Å². The number of halogens is 3. The Bertz CT molecular complexity index is 1980. The van der Waals surface area contributed by atoms with Gasteiger partial charge in [-0.05, 0) is 36.5 Å². The van der Waals surface area contributed by atoms with Crippen molar-refractivity contribution in [1.29, 1.82) is 10.5 Å². The number of para-hydroxylation sites is 1. The standard InChI is InChI=1S/C30H28F3N11/c1-28(2,3)16-37-25-18(13-35)14-36-24-17(12-34)10-19(11-21(24)25)38-26(20-6-5-7-22-27(20)43(4)41-39-22)23-15-44(42-40-23)29(8-9-29)30(31,32)33/h5-7,10-11,14-15,26,38H,8-9,16H2,1-4H3,(H,36,37). The molecular formula is C30H28F3N11. The summed E-state index contributed by atoms with van der Waals surface area (Å²) in [4.78, 5) is 4.41. The lowest BCUT2D eigenvalue weighted by atomic mass is 9.96. The van der Waals surface area contributed by atoms with Crippen molar-refractivity contribution in [3.05, 3.63) is 65.1 Å². The molecule has 6 rings (SSSR count). The molecule has 1 fully saturated rings. The third-order valence-electron chi connectivity index (χ3n) is 7.78. The Kier molecular flexibility index (Phi) is 6.68. The van der Waals surface area contributed by atoms with Crippen LogP contribution in [0, 0.1) is 28.1 Å². The first kappa shape index (κ1) is 28.9. The number of fused-ring (bicyclic) bond motifs is 2. The highest BCUT2D eigenvalue weighted by Crippen LogP contribution is 2.55. The van der Waals surface area contributed by atoms with E-state index in [0.717, 1.165) is 4.68 Å². The van der Waals surface area contributed by atoms with E-state index in [1.54, 1.807) is 36.0 Å². The lowest BCUT2D eigenvalue weighted by molar-refractivity contribution is -0.182. The molecule has 0 amide bonds. The molecule has 1 saturated carbocycles. The van der Waals surface area contributed by atoms with Crippen LogP contribution in [0.25, 0.3) is 21.9 Å². The van der Waals surface area contributed by atoms with Crippen molar-refractivity contribution in [3.8, 4) is 12.1 Å². The summed E-state index contributed by atoms with van der Waals surface area (Å²) in [5, 5.41) is 43.7. The Morgan fingerprint density at radius 2 is 1.80 bits per heavy atom. The van der Waals surface area contributed by atoms with Gasteiger partial charge in [0.05, 0.1) is 40.1 Å². The summed E-state index contributed by atoms with van der Waals surface area (Å²) in [6, 6.07) is 12.3. The molecule has 0 aliphatic heterocycles. The highest BCUT2D eigenvalue weighted by Gasteiger charge is 2.66. The fraction of sp³-hybridized carbons (Fsp3) is 0.367. The van der Waals surface area contributed by atoms with Crippen molar-refractivity contribution < 1.29 is 13.2 Å². The van der Waals surface area contributed by atoms with Gasteiger partial charge < -0.3 is 10.6 Å². The van der Waals surface area contributed by atoms with Gasteiger partial charge in [-0.15, -0.1) is 10.2 Å².